The lowest BCUT2D eigenvalue weighted by atomic mass is 10.1. The molecule has 0 spiro atoms. The van der Waals surface area contributed by atoms with Gasteiger partial charge in [0, 0.05) is 6.20 Å². The highest BCUT2D eigenvalue weighted by Gasteiger charge is 2.17. The second-order valence-corrected chi connectivity index (χ2v) is 6.48. The fourth-order valence-corrected chi connectivity index (χ4v) is 2.97. The molecule has 106 valence electrons. The zero-order valence-electron chi connectivity index (χ0n) is 11.0. The van der Waals surface area contributed by atoms with E-state index < -0.39 is 10.0 Å². The molecule has 1 aromatic heterocycles. The Morgan fingerprint density at radius 1 is 1.30 bits per heavy atom. The third-order valence-corrected chi connectivity index (χ3v) is 4.64. The van der Waals surface area contributed by atoms with Crippen LogP contribution in [0.15, 0.2) is 35.4 Å². The summed E-state index contributed by atoms with van der Waals surface area (Å²) in [5.74, 6) is 0.0948. The van der Waals surface area contributed by atoms with Crippen LogP contribution in [0.5, 0.6) is 0 Å². The van der Waals surface area contributed by atoms with E-state index in [0.717, 1.165) is 11.1 Å². The summed E-state index contributed by atoms with van der Waals surface area (Å²) < 4.78 is 27.1. The summed E-state index contributed by atoms with van der Waals surface area (Å²) in [6.07, 6.45) is 1.18. The van der Waals surface area contributed by atoms with Gasteiger partial charge in [0.05, 0.1) is 10.7 Å². The second-order valence-electron chi connectivity index (χ2n) is 4.39. The quantitative estimate of drug-likeness (QED) is 0.912. The number of nitrogen functional groups attached to an aromatic ring is 1. The average Bonchev–Trinajstić information content (AvgIpc) is 2.38. The molecule has 0 fully saturated rings. The van der Waals surface area contributed by atoms with Crippen LogP contribution in [0, 0.1) is 13.8 Å². The standard InChI is InChI=1S/C13H14ClN3O2S/c1-8-4-3-5-12(9(8)2)17-20(18,19)10-6-11(14)13(15)16-7-10/h3-7,17H,1-2H3,(H2,15,16). The number of halogens is 1. The molecule has 0 radical (unpaired) electrons. The number of benzene rings is 1. The summed E-state index contributed by atoms with van der Waals surface area (Å²) in [6.45, 7) is 3.76. The van der Waals surface area contributed by atoms with Crippen LogP contribution in [0.1, 0.15) is 11.1 Å². The first-order chi connectivity index (χ1) is 9.31. The molecule has 20 heavy (non-hydrogen) atoms. The molecule has 0 saturated carbocycles. The summed E-state index contributed by atoms with van der Waals surface area (Å²) in [7, 11) is -3.74. The summed E-state index contributed by atoms with van der Waals surface area (Å²) >= 11 is 5.80. The molecule has 0 aliphatic rings. The van der Waals surface area contributed by atoms with Gasteiger partial charge in [-0.2, -0.15) is 0 Å². The van der Waals surface area contributed by atoms with E-state index in [-0.39, 0.29) is 15.7 Å². The number of nitrogens with one attached hydrogen (secondary N) is 1. The monoisotopic (exact) mass is 311 g/mol. The van der Waals surface area contributed by atoms with E-state index >= 15 is 0 Å². The molecule has 1 aromatic carbocycles. The van der Waals surface area contributed by atoms with E-state index in [1.54, 1.807) is 12.1 Å². The Bertz CT molecular complexity index is 760. The number of nitrogens with zero attached hydrogens (tertiary/aromatic N) is 1. The Morgan fingerprint density at radius 2 is 2.00 bits per heavy atom. The van der Waals surface area contributed by atoms with Crippen molar-refractivity contribution in [2.45, 2.75) is 18.7 Å². The van der Waals surface area contributed by atoms with Crippen LogP contribution in [0.3, 0.4) is 0 Å². The van der Waals surface area contributed by atoms with E-state index in [4.69, 9.17) is 17.3 Å². The van der Waals surface area contributed by atoms with Gasteiger partial charge in [-0.1, -0.05) is 23.7 Å². The Labute approximate surface area is 122 Å². The second kappa shape index (κ2) is 5.30. The van der Waals surface area contributed by atoms with Crippen LogP contribution < -0.4 is 10.5 Å². The fourth-order valence-electron chi connectivity index (χ4n) is 1.64. The number of pyridine rings is 1. The van der Waals surface area contributed by atoms with Crippen molar-refractivity contribution in [3.8, 4) is 0 Å². The lowest BCUT2D eigenvalue weighted by molar-refractivity contribution is 0.601. The smallest absolute Gasteiger partial charge is 0.263 e. The van der Waals surface area contributed by atoms with Crippen molar-refractivity contribution in [2.75, 3.05) is 10.5 Å². The van der Waals surface area contributed by atoms with Crippen LogP contribution in [-0.4, -0.2) is 13.4 Å². The lowest BCUT2D eigenvalue weighted by Gasteiger charge is -2.12. The molecule has 1 heterocycles. The van der Waals surface area contributed by atoms with E-state index in [1.165, 1.54) is 12.3 Å². The van der Waals surface area contributed by atoms with E-state index in [9.17, 15) is 8.42 Å². The maximum absolute atomic E-state index is 12.3. The maximum Gasteiger partial charge on any atom is 0.263 e. The molecule has 7 heteroatoms. The van der Waals surface area contributed by atoms with Gasteiger partial charge in [-0.25, -0.2) is 13.4 Å². The number of aryl methyl sites for hydroxylation is 1. The van der Waals surface area contributed by atoms with Crippen molar-refractivity contribution in [1.82, 2.24) is 4.98 Å². The van der Waals surface area contributed by atoms with Crippen molar-refractivity contribution in [2.24, 2.45) is 0 Å². The summed E-state index contributed by atoms with van der Waals surface area (Å²) in [6, 6.07) is 6.67. The van der Waals surface area contributed by atoms with Gasteiger partial charge >= 0.3 is 0 Å². The van der Waals surface area contributed by atoms with Gasteiger partial charge in [-0.3, -0.25) is 4.72 Å². The number of hydrogen-bond acceptors (Lipinski definition) is 4. The molecule has 5 nitrogen and oxygen atoms in total. The number of anilines is 2. The Kier molecular flexibility index (Phi) is 3.87. The molecule has 0 aliphatic heterocycles. The molecule has 0 saturated heterocycles. The van der Waals surface area contributed by atoms with Gasteiger partial charge < -0.3 is 5.73 Å². The molecule has 2 aromatic rings. The van der Waals surface area contributed by atoms with Crippen LogP contribution in [-0.2, 0) is 10.0 Å². The fraction of sp³-hybridized carbons (Fsp3) is 0.154. The van der Waals surface area contributed by atoms with Gasteiger partial charge in [0.15, 0.2) is 0 Å². The normalized spacial score (nSPS) is 11.3. The largest absolute Gasteiger partial charge is 0.382 e. The zero-order chi connectivity index (χ0) is 14.9. The van der Waals surface area contributed by atoms with E-state index in [0.29, 0.717) is 5.69 Å². The van der Waals surface area contributed by atoms with Crippen molar-refractivity contribution < 1.29 is 8.42 Å². The first-order valence-corrected chi connectivity index (χ1v) is 7.67. The van der Waals surface area contributed by atoms with Crippen molar-refractivity contribution >= 4 is 33.1 Å². The van der Waals surface area contributed by atoms with E-state index in [2.05, 4.69) is 9.71 Å². The average molecular weight is 312 g/mol. The topological polar surface area (TPSA) is 85.1 Å². The molecule has 0 bridgehead atoms. The minimum absolute atomic E-state index is 0.0300. The predicted octanol–water partition coefficient (Wildman–Crippen LogP) is 2.73. The summed E-state index contributed by atoms with van der Waals surface area (Å²) in [4.78, 5) is 3.72. The Hall–Kier alpha value is -1.79. The van der Waals surface area contributed by atoms with Crippen LogP contribution in [0.25, 0.3) is 0 Å². The highest BCUT2D eigenvalue weighted by Crippen LogP contribution is 2.24. The number of rotatable bonds is 3. The van der Waals surface area contributed by atoms with Crippen molar-refractivity contribution in [3.63, 3.8) is 0 Å². The third kappa shape index (κ3) is 2.86. The van der Waals surface area contributed by atoms with Gasteiger partial charge in [0.25, 0.3) is 10.0 Å². The predicted molar refractivity (Wildman–Crippen MR) is 80.4 cm³/mol. The van der Waals surface area contributed by atoms with E-state index in [1.807, 2.05) is 19.9 Å². The first kappa shape index (κ1) is 14.6. The molecule has 3 N–H and O–H groups in total. The van der Waals surface area contributed by atoms with Crippen LogP contribution in [0.4, 0.5) is 11.5 Å². The molecule has 0 aliphatic carbocycles. The number of nitrogens with two attached hydrogens (primary N) is 1. The molecular formula is C13H14ClN3O2S. The minimum atomic E-state index is -3.74. The first-order valence-electron chi connectivity index (χ1n) is 5.81. The number of hydrogen-bond donors (Lipinski definition) is 2. The lowest BCUT2D eigenvalue weighted by Crippen LogP contribution is -2.14. The SMILES string of the molecule is Cc1cccc(NS(=O)(=O)c2cnc(N)c(Cl)c2)c1C. The van der Waals surface area contributed by atoms with Gasteiger partial charge in [-0.05, 0) is 37.1 Å². The van der Waals surface area contributed by atoms with Gasteiger partial charge in [-0.15, -0.1) is 0 Å². The highest BCUT2D eigenvalue weighted by molar-refractivity contribution is 7.92. The molecule has 0 atom stereocenters. The minimum Gasteiger partial charge on any atom is -0.382 e. The number of sulfonamides is 1. The Morgan fingerprint density at radius 3 is 2.65 bits per heavy atom. The number of aromatic nitrogens is 1. The molecule has 2 rings (SSSR count). The third-order valence-electron chi connectivity index (χ3n) is 3.00. The summed E-state index contributed by atoms with van der Waals surface area (Å²) in [5.41, 5.74) is 7.86. The van der Waals surface area contributed by atoms with Gasteiger partial charge in [0.1, 0.15) is 10.7 Å². The van der Waals surface area contributed by atoms with Crippen molar-refractivity contribution in [1.29, 1.82) is 0 Å². The highest BCUT2D eigenvalue weighted by atomic mass is 35.5. The molecule has 0 unspecified atom stereocenters. The summed E-state index contributed by atoms with van der Waals surface area (Å²) in [5, 5.41) is 0.105. The molecular weight excluding hydrogens is 298 g/mol. The van der Waals surface area contributed by atoms with Crippen LogP contribution >= 0.6 is 11.6 Å². The van der Waals surface area contributed by atoms with Crippen molar-refractivity contribution in [3.05, 3.63) is 46.6 Å². The molecule has 0 amide bonds. The van der Waals surface area contributed by atoms with Gasteiger partial charge in [0.2, 0.25) is 0 Å². The maximum atomic E-state index is 12.3. The van der Waals surface area contributed by atoms with Crippen LogP contribution in [0.2, 0.25) is 5.02 Å². The zero-order valence-corrected chi connectivity index (χ0v) is 12.6. The Balaban J connectivity index is 2.41.